The fourth-order valence-corrected chi connectivity index (χ4v) is 6.29. The molecule has 0 aliphatic carbocycles. The van der Waals surface area contributed by atoms with Crippen molar-refractivity contribution in [3.8, 4) is 0 Å². The minimum atomic E-state index is -4.56. The van der Waals surface area contributed by atoms with Crippen LogP contribution in [-0.4, -0.2) is 66.8 Å². The summed E-state index contributed by atoms with van der Waals surface area (Å²) >= 11 is 0. The number of para-hydroxylation sites is 1. The quantitative estimate of drug-likeness (QED) is 0.721. The molecule has 2 aromatic rings. The number of nitrogens with zero attached hydrogens (tertiary/aromatic N) is 4. The molecule has 3 heterocycles. The van der Waals surface area contributed by atoms with Crippen molar-refractivity contribution in [2.75, 3.05) is 47.9 Å². The number of alkyl halides is 3. The molecule has 2 amide bonds. The maximum atomic E-state index is 13.2. The van der Waals surface area contributed by atoms with Crippen molar-refractivity contribution in [1.82, 2.24) is 14.7 Å². The SMILES string of the molecule is Cc1nn([C@H]2CCS(=O)(=O)C2)c(C)c1N1CCN(C(=O)Nc2ccccc2C(F)(F)F)CC1. The number of piperazine rings is 1. The molecule has 2 aliphatic rings. The van der Waals surface area contributed by atoms with Gasteiger partial charge in [0.05, 0.1) is 45.9 Å². The first-order valence-corrected chi connectivity index (χ1v) is 12.5. The predicted octanol–water partition coefficient (Wildman–Crippen LogP) is 3.23. The number of halogens is 3. The van der Waals surface area contributed by atoms with E-state index >= 15 is 0 Å². The van der Waals surface area contributed by atoms with Crippen LogP contribution in [0.4, 0.5) is 29.3 Å². The number of benzene rings is 1. The predicted molar refractivity (Wildman–Crippen MR) is 118 cm³/mol. The molecule has 1 N–H and O–H groups in total. The van der Waals surface area contributed by atoms with Gasteiger partial charge in [0.1, 0.15) is 0 Å². The minimum Gasteiger partial charge on any atom is -0.365 e. The molecular formula is C21H26F3N5O3S. The average Bonchev–Trinajstić information content (AvgIpc) is 3.25. The highest BCUT2D eigenvalue weighted by atomic mass is 32.2. The van der Waals surface area contributed by atoms with Gasteiger partial charge in [0.2, 0.25) is 0 Å². The van der Waals surface area contributed by atoms with Gasteiger partial charge in [-0.15, -0.1) is 0 Å². The van der Waals surface area contributed by atoms with Crippen LogP contribution in [0.25, 0.3) is 0 Å². The highest BCUT2D eigenvalue weighted by molar-refractivity contribution is 7.91. The fraction of sp³-hybridized carbons (Fsp3) is 0.524. The second-order valence-corrected chi connectivity index (χ2v) is 10.7. The molecule has 0 unspecified atom stereocenters. The van der Waals surface area contributed by atoms with Crippen molar-refractivity contribution < 1.29 is 26.4 Å². The van der Waals surface area contributed by atoms with Crippen LogP contribution >= 0.6 is 0 Å². The maximum Gasteiger partial charge on any atom is 0.418 e. The van der Waals surface area contributed by atoms with E-state index in [4.69, 9.17) is 0 Å². The van der Waals surface area contributed by atoms with Crippen molar-refractivity contribution in [1.29, 1.82) is 0 Å². The van der Waals surface area contributed by atoms with E-state index in [-0.39, 0.29) is 23.2 Å². The summed E-state index contributed by atoms with van der Waals surface area (Å²) < 4.78 is 65.1. The van der Waals surface area contributed by atoms with Crippen LogP contribution in [-0.2, 0) is 16.0 Å². The number of aromatic nitrogens is 2. The molecule has 0 saturated carbocycles. The van der Waals surface area contributed by atoms with Crippen molar-refractivity contribution >= 4 is 27.2 Å². The second-order valence-electron chi connectivity index (χ2n) is 8.47. The van der Waals surface area contributed by atoms with Gasteiger partial charge < -0.3 is 15.1 Å². The number of hydrogen-bond donors (Lipinski definition) is 1. The summed E-state index contributed by atoms with van der Waals surface area (Å²) in [5, 5.41) is 6.97. The fourth-order valence-electron chi connectivity index (χ4n) is 4.60. The lowest BCUT2D eigenvalue weighted by molar-refractivity contribution is -0.136. The minimum absolute atomic E-state index is 0.0851. The van der Waals surface area contributed by atoms with Gasteiger partial charge >= 0.3 is 12.2 Å². The molecule has 1 aromatic heterocycles. The summed E-state index contributed by atoms with van der Waals surface area (Å²) in [6.07, 6.45) is -4.02. The molecule has 12 heteroatoms. The highest BCUT2D eigenvalue weighted by Gasteiger charge is 2.35. The van der Waals surface area contributed by atoms with Gasteiger partial charge in [0.25, 0.3) is 0 Å². The topological polar surface area (TPSA) is 87.5 Å². The number of nitrogens with one attached hydrogen (secondary N) is 1. The van der Waals surface area contributed by atoms with Gasteiger partial charge in [0, 0.05) is 26.2 Å². The standard InChI is InChI=1S/C21H26F3N5O3S/c1-14-19(15(2)29(26-14)16-7-12-33(31,32)13-16)27-8-10-28(11-9-27)20(30)25-18-6-4-3-5-17(18)21(22,23)24/h3-6,16H,7-13H2,1-2H3,(H,25,30)/t16-/m0/s1. The Bertz CT molecular complexity index is 1150. The Morgan fingerprint density at radius 2 is 1.79 bits per heavy atom. The lowest BCUT2D eigenvalue weighted by Gasteiger charge is -2.36. The lowest BCUT2D eigenvalue weighted by Crippen LogP contribution is -2.50. The van der Waals surface area contributed by atoms with E-state index in [0.717, 1.165) is 23.1 Å². The van der Waals surface area contributed by atoms with E-state index in [0.29, 0.717) is 32.6 Å². The molecule has 8 nitrogen and oxygen atoms in total. The normalized spacial score (nSPS) is 20.8. The summed E-state index contributed by atoms with van der Waals surface area (Å²) in [7, 11) is -3.04. The Hall–Kier alpha value is -2.76. The summed E-state index contributed by atoms with van der Waals surface area (Å²) in [5.41, 5.74) is 1.43. The van der Waals surface area contributed by atoms with Gasteiger partial charge in [-0.1, -0.05) is 12.1 Å². The smallest absolute Gasteiger partial charge is 0.365 e. The van der Waals surface area contributed by atoms with Gasteiger partial charge in [-0.25, -0.2) is 13.2 Å². The third-order valence-electron chi connectivity index (χ3n) is 6.20. The van der Waals surface area contributed by atoms with Crippen LogP contribution < -0.4 is 10.2 Å². The van der Waals surface area contributed by atoms with Crippen LogP contribution in [0.1, 0.15) is 29.4 Å². The molecule has 0 spiro atoms. The number of amides is 2. The summed E-state index contributed by atoms with van der Waals surface area (Å²) in [6, 6.07) is 4.15. The van der Waals surface area contributed by atoms with E-state index in [9.17, 15) is 26.4 Å². The third-order valence-corrected chi connectivity index (χ3v) is 7.95. The Morgan fingerprint density at radius 1 is 1.12 bits per heavy atom. The first kappa shape index (κ1) is 23.4. The Balaban J connectivity index is 1.42. The van der Waals surface area contributed by atoms with Crippen LogP contribution in [0, 0.1) is 13.8 Å². The summed E-state index contributed by atoms with van der Waals surface area (Å²) in [4.78, 5) is 16.2. The van der Waals surface area contributed by atoms with Crippen molar-refractivity contribution in [3.05, 3.63) is 41.2 Å². The van der Waals surface area contributed by atoms with Gasteiger partial charge in [0.15, 0.2) is 9.84 Å². The number of urea groups is 1. The molecule has 1 atom stereocenters. The molecule has 2 saturated heterocycles. The Morgan fingerprint density at radius 3 is 2.39 bits per heavy atom. The number of carbonyl (C=O) groups excluding carboxylic acids is 1. The number of hydrogen-bond acceptors (Lipinski definition) is 5. The molecule has 2 fully saturated rings. The number of aryl methyl sites for hydroxylation is 1. The monoisotopic (exact) mass is 485 g/mol. The summed E-state index contributed by atoms with van der Waals surface area (Å²) in [6.45, 7) is 5.43. The number of anilines is 2. The second kappa shape index (κ2) is 8.54. The zero-order valence-corrected chi connectivity index (χ0v) is 19.2. The Labute approximate surface area is 190 Å². The molecule has 4 rings (SSSR count). The van der Waals surface area contributed by atoms with Crippen molar-refractivity contribution in [3.63, 3.8) is 0 Å². The highest BCUT2D eigenvalue weighted by Crippen LogP contribution is 2.35. The summed E-state index contributed by atoms with van der Waals surface area (Å²) in [5.74, 6) is 0.248. The van der Waals surface area contributed by atoms with E-state index < -0.39 is 27.6 Å². The van der Waals surface area contributed by atoms with Crippen LogP contribution in [0.2, 0.25) is 0 Å². The van der Waals surface area contributed by atoms with E-state index in [1.165, 1.54) is 23.1 Å². The molecule has 0 bridgehead atoms. The maximum absolute atomic E-state index is 13.2. The number of rotatable bonds is 3. The number of carbonyl (C=O) groups is 1. The zero-order valence-electron chi connectivity index (χ0n) is 18.4. The van der Waals surface area contributed by atoms with Crippen molar-refractivity contribution in [2.45, 2.75) is 32.5 Å². The number of sulfone groups is 1. The van der Waals surface area contributed by atoms with Crippen molar-refractivity contribution in [2.24, 2.45) is 0 Å². The first-order valence-electron chi connectivity index (χ1n) is 10.7. The molecule has 1 aromatic carbocycles. The van der Waals surface area contributed by atoms with Gasteiger partial charge in [-0.05, 0) is 32.4 Å². The van der Waals surface area contributed by atoms with Crippen LogP contribution in [0.5, 0.6) is 0 Å². The molecule has 180 valence electrons. The largest absolute Gasteiger partial charge is 0.418 e. The lowest BCUT2D eigenvalue weighted by atomic mass is 10.1. The average molecular weight is 486 g/mol. The molecule has 0 radical (unpaired) electrons. The molecule has 2 aliphatic heterocycles. The van der Waals surface area contributed by atoms with Gasteiger partial charge in [-0.3, -0.25) is 4.68 Å². The van der Waals surface area contributed by atoms with Crippen LogP contribution in [0.15, 0.2) is 24.3 Å². The molecular weight excluding hydrogens is 459 g/mol. The first-order chi connectivity index (χ1) is 15.5. The van der Waals surface area contributed by atoms with Crippen LogP contribution in [0.3, 0.4) is 0 Å². The third kappa shape index (κ3) is 4.80. The van der Waals surface area contributed by atoms with E-state index in [1.807, 2.05) is 13.8 Å². The molecule has 33 heavy (non-hydrogen) atoms. The Kier molecular flexibility index (Phi) is 6.06. The van der Waals surface area contributed by atoms with E-state index in [1.54, 1.807) is 4.68 Å². The van der Waals surface area contributed by atoms with E-state index in [2.05, 4.69) is 15.3 Å². The van der Waals surface area contributed by atoms with Gasteiger partial charge in [-0.2, -0.15) is 18.3 Å². The zero-order chi connectivity index (χ0) is 24.0.